The van der Waals surface area contributed by atoms with E-state index < -0.39 is 0 Å². The van der Waals surface area contributed by atoms with Crippen molar-refractivity contribution in [3.05, 3.63) is 11.5 Å². The van der Waals surface area contributed by atoms with E-state index in [9.17, 15) is 0 Å². The second-order valence-corrected chi connectivity index (χ2v) is 5.19. The van der Waals surface area contributed by atoms with Crippen molar-refractivity contribution in [3.8, 4) is 0 Å². The largest absolute Gasteiger partial charge is 0.494 e. The van der Waals surface area contributed by atoms with Gasteiger partial charge in [-0.3, -0.25) is 0 Å². The molecule has 0 unspecified atom stereocenters. The van der Waals surface area contributed by atoms with Gasteiger partial charge in [0, 0.05) is 12.0 Å². The van der Waals surface area contributed by atoms with Crippen molar-refractivity contribution in [1.29, 1.82) is 0 Å². The van der Waals surface area contributed by atoms with Crippen molar-refractivity contribution in [1.82, 2.24) is 4.90 Å². The van der Waals surface area contributed by atoms with Gasteiger partial charge in [0.05, 0.1) is 12.2 Å². The molecule has 0 amide bonds. The third-order valence-electron chi connectivity index (χ3n) is 2.85. The highest BCUT2D eigenvalue weighted by molar-refractivity contribution is 5.15. The van der Waals surface area contributed by atoms with Gasteiger partial charge >= 0.3 is 0 Å². The zero-order valence-electron chi connectivity index (χ0n) is 11.0. The van der Waals surface area contributed by atoms with Crippen LogP contribution >= 0.6 is 0 Å². The molecule has 0 aliphatic carbocycles. The van der Waals surface area contributed by atoms with Gasteiger partial charge < -0.3 is 9.64 Å². The Morgan fingerprint density at radius 1 is 1.00 bits per heavy atom. The SMILES string of the molecule is CC(C)C1=C(C(C)C)N(C(C)C)CCO1. The van der Waals surface area contributed by atoms with Crippen molar-refractivity contribution < 1.29 is 4.74 Å². The van der Waals surface area contributed by atoms with Crippen LogP contribution in [0.4, 0.5) is 0 Å². The first kappa shape index (κ1) is 12.4. The molecule has 0 bridgehead atoms. The maximum Gasteiger partial charge on any atom is 0.118 e. The van der Waals surface area contributed by atoms with E-state index in [0.29, 0.717) is 17.9 Å². The standard InChI is InChI=1S/C13H25NO/c1-9(2)12-13(10(3)4)15-8-7-14(12)11(5)6/h9-11H,7-8H2,1-6H3. The Hall–Kier alpha value is -0.660. The van der Waals surface area contributed by atoms with Gasteiger partial charge in [-0.1, -0.05) is 27.7 Å². The monoisotopic (exact) mass is 211 g/mol. The quantitative estimate of drug-likeness (QED) is 0.710. The Morgan fingerprint density at radius 3 is 2.00 bits per heavy atom. The molecule has 2 nitrogen and oxygen atoms in total. The van der Waals surface area contributed by atoms with Crippen molar-refractivity contribution in [2.75, 3.05) is 13.2 Å². The van der Waals surface area contributed by atoms with Crippen LogP contribution in [0.5, 0.6) is 0 Å². The number of hydrogen-bond acceptors (Lipinski definition) is 2. The third kappa shape index (κ3) is 2.67. The van der Waals surface area contributed by atoms with Gasteiger partial charge in [0.2, 0.25) is 0 Å². The van der Waals surface area contributed by atoms with E-state index in [1.54, 1.807) is 0 Å². The normalized spacial score (nSPS) is 18.1. The average Bonchev–Trinajstić information content (AvgIpc) is 2.16. The summed E-state index contributed by atoms with van der Waals surface area (Å²) in [6.45, 7) is 15.3. The van der Waals surface area contributed by atoms with Gasteiger partial charge in [0.25, 0.3) is 0 Å². The van der Waals surface area contributed by atoms with Crippen molar-refractivity contribution in [3.63, 3.8) is 0 Å². The molecule has 15 heavy (non-hydrogen) atoms. The molecule has 0 fully saturated rings. The van der Waals surface area contributed by atoms with Crippen LogP contribution in [-0.4, -0.2) is 24.1 Å². The summed E-state index contributed by atoms with van der Waals surface area (Å²) in [5, 5.41) is 0. The number of hydrogen-bond donors (Lipinski definition) is 0. The Morgan fingerprint density at radius 2 is 1.60 bits per heavy atom. The molecule has 0 aromatic rings. The molecule has 1 heterocycles. The highest BCUT2D eigenvalue weighted by Gasteiger charge is 2.26. The summed E-state index contributed by atoms with van der Waals surface area (Å²) in [6, 6.07) is 0.569. The lowest BCUT2D eigenvalue weighted by Crippen LogP contribution is -2.40. The van der Waals surface area contributed by atoms with E-state index in [1.165, 1.54) is 11.5 Å². The molecule has 0 saturated carbocycles. The third-order valence-corrected chi connectivity index (χ3v) is 2.85. The fourth-order valence-corrected chi connectivity index (χ4v) is 2.20. The fourth-order valence-electron chi connectivity index (χ4n) is 2.20. The maximum atomic E-state index is 5.83. The first-order valence-electron chi connectivity index (χ1n) is 6.08. The van der Waals surface area contributed by atoms with Gasteiger partial charge in [0.15, 0.2) is 0 Å². The molecular weight excluding hydrogens is 186 g/mol. The maximum absolute atomic E-state index is 5.83. The molecule has 2 heteroatoms. The second kappa shape index (κ2) is 4.91. The lowest BCUT2D eigenvalue weighted by molar-refractivity contribution is 0.0853. The lowest BCUT2D eigenvalue weighted by Gasteiger charge is -2.39. The highest BCUT2D eigenvalue weighted by Crippen LogP contribution is 2.30. The zero-order chi connectivity index (χ0) is 11.6. The minimum absolute atomic E-state index is 0.490. The Balaban J connectivity index is 3.06. The topological polar surface area (TPSA) is 12.5 Å². The molecule has 0 saturated heterocycles. The second-order valence-electron chi connectivity index (χ2n) is 5.19. The number of allylic oxidation sites excluding steroid dienone is 2. The lowest BCUT2D eigenvalue weighted by atomic mass is 9.99. The highest BCUT2D eigenvalue weighted by atomic mass is 16.5. The molecule has 0 spiro atoms. The summed E-state index contributed by atoms with van der Waals surface area (Å²) in [5.74, 6) is 2.24. The molecule has 88 valence electrons. The van der Waals surface area contributed by atoms with Gasteiger partial charge in [-0.05, 0) is 19.8 Å². The van der Waals surface area contributed by atoms with Crippen LogP contribution in [0.1, 0.15) is 41.5 Å². The van der Waals surface area contributed by atoms with E-state index >= 15 is 0 Å². The van der Waals surface area contributed by atoms with Crippen LogP contribution < -0.4 is 0 Å². The molecule has 1 aliphatic heterocycles. The van der Waals surface area contributed by atoms with Crippen LogP contribution in [-0.2, 0) is 4.74 Å². The number of rotatable bonds is 3. The number of ether oxygens (including phenoxy) is 1. The smallest absolute Gasteiger partial charge is 0.118 e. The molecule has 1 rings (SSSR count). The molecular formula is C13H25NO. The van der Waals surface area contributed by atoms with E-state index in [4.69, 9.17) is 4.74 Å². The summed E-state index contributed by atoms with van der Waals surface area (Å²) in [7, 11) is 0. The first-order valence-corrected chi connectivity index (χ1v) is 6.08. The van der Waals surface area contributed by atoms with Crippen LogP contribution in [0.3, 0.4) is 0 Å². The van der Waals surface area contributed by atoms with Crippen LogP contribution in [0, 0.1) is 11.8 Å². The van der Waals surface area contributed by atoms with Crippen molar-refractivity contribution in [2.24, 2.45) is 11.8 Å². The minimum Gasteiger partial charge on any atom is -0.494 e. The van der Waals surface area contributed by atoms with Gasteiger partial charge in [0.1, 0.15) is 12.4 Å². The molecule has 0 atom stereocenters. The summed E-state index contributed by atoms with van der Waals surface area (Å²) < 4.78 is 5.83. The average molecular weight is 211 g/mol. The predicted octanol–water partition coefficient (Wildman–Crippen LogP) is 3.25. The Labute approximate surface area is 94.3 Å². The molecule has 0 aromatic carbocycles. The number of nitrogens with zero attached hydrogens (tertiary/aromatic N) is 1. The fraction of sp³-hybridized carbons (Fsp3) is 0.846. The molecule has 0 radical (unpaired) electrons. The van der Waals surface area contributed by atoms with Crippen LogP contribution in [0.25, 0.3) is 0 Å². The Bertz CT molecular complexity index is 241. The van der Waals surface area contributed by atoms with E-state index in [1.807, 2.05) is 0 Å². The van der Waals surface area contributed by atoms with Gasteiger partial charge in [-0.2, -0.15) is 0 Å². The van der Waals surface area contributed by atoms with Crippen molar-refractivity contribution in [2.45, 2.75) is 47.6 Å². The summed E-state index contributed by atoms with van der Waals surface area (Å²) in [5.41, 5.74) is 1.41. The van der Waals surface area contributed by atoms with Crippen LogP contribution in [0.2, 0.25) is 0 Å². The van der Waals surface area contributed by atoms with Gasteiger partial charge in [-0.25, -0.2) is 0 Å². The first-order chi connectivity index (χ1) is 6.95. The van der Waals surface area contributed by atoms with E-state index in [-0.39, 0.29) is 0 Å². The zero-order valence-corrected chi connectivity index (χ0v) is 11.0. The Kier molecular flexibility index (Phi) is 4.06. The van der Waals surface area contributed by atoms with E-state index in [2.05, 4.69) is 46.4 Å². The minimum atomic E-state index is 0.490. The summed E-state index contributed by atoms with van der Waals surface area (Å²) >= 11 is 0. The van der Waals surface area contributed by atoms with Gasteiger partial charge in [-0.15, -0.1) is 0 Å². The van der Waals surface area contributed by atoms with E-state index in [0.717, 1.165) is 13.2 Å². The van der Waals surface area contributed by atoms with Crippen LogP contribution in [0.15, 0.2) is 11.5 Å². The van der Waals surface area contributed by atoms with Crippen molar-refractivity contribution >= 4 is 0 Å². The summed E-state index contributed by atoms with van der Waals surface area (Å²) in [6.07, 6.45) is 0. The molecule has 0 aromatic heterocycles. The molecule has 0 N–H and O–H groups in total. The molecule has 1 aliphatic rings. The summed E-state index contributed by atoms with van der Waals surface area (Å²) in [4.78, 5) is 2.49. The predicted molar refractivity (Wildman–Crippen MR) is 64.5 cm³/mol.